The highest BCUT2D eigenvalue weighted by molar-refractivity contribution is 6.01. The quantitative estimate of drug-likeness (QED) is 0.549. The summed E-state index contributed by atoms with van der Waals surface area (Å²) in [5, 5.41) is 8.72. The molecule has 27 heavy (non-hydrogen) atoms. The van der Waals surface area contributed by atoms with Crippen LogP contribution < -0.4 is 0 Å². The molecule has 0 atom stereocenters. The van der Waals surface area contributed by atoms with E-state index < -0.39 is 17.5 Å². The van der Waals surface area contributed by atoms with Crippen molar-refractivity contribution in [3.05, 3.63) is 70.8 Å². The summed E-state index contributed by atoms with van der Waals surface area (Å²) in [6, 6.07) is 12.9. The Bertz CT molecular complexity index is 892. The lowest BCUT2D eigenvalue weighted by molar-refractivity contribution is -0.126. The fourth-order valence-electron chi connectivity index (χ4n) is 2.44. The number of Topliss-reactive ketones (excluding diaryl/α,β-unsaturated/α-hetero) is 3. The van der Waals surface area contributed by atoms with Crippen molar-refractivity contribution in [3.8, 4) is 6.07 Å². The van der Waals surface area contributed by atoms with E-state index in [-0.39, 0.29) is 30.8 Å². The van der Waals surface area contributed by atoms with E-state index in [9.17, 15) is 27.6 Å². The second-order valence-corrected chi connectivity index (χ2v) is 5.94. The summed E-state index contributed by atoms with van der Waals surface area (Å²) in [5.41, 5.74) is 1.07. The topological polar surface area (TPSA) is 75.0 Å². The predicted molar refractivity (Wildman–Crippen MR) is 90.0 cm³/mol. The van der Waals surface area contributed by atoms with Crippen LogP contribution in [-0.2, 0) is 22.4 Å². The molecule has 0 aliphatic carbocycles. The van der Waals surface area contributed by atoms with Crippen LogP contribution in [0.3, 0.4) is 0 Å². The van der Waals surface area contributed by atoms with E-state index in [0.29, 0.717) is 16.7 Å². The Balaban J connectivity index is 1.90. The van der Waals surface area contributed by atoms with Crippen LogP contribution in [0.5, 0.6) is 0 Å². The number of ketones is 3. The number of hydrogen-bond donors (Lipinski definition) is 0. The molecule has 0 saturated heterocycles. The molecule has 0 radical (unpaired) electrons. The van der Waals surface area contributed by atoms with Gasteiger partial charge in [-0.15, -0.1) is 0 Å². The van der Waals surface area contributed by atoms with Crippen molar-refractivity contribution in [2.24, 2.45) is 0 Å². The number of nitriles is 1. The first-order valence-electron chi connectivity index (χ1n) is 7.92. The molecule has 0 amide bonds. The normalized spacial score (nSPS) is 10.9. The lowest BCUT2D eigenvalue weighted by atomic mass is 9.99. The fraction of sp³-hybridized carbons (Fsp3) is 0.200. The molecule has 0 fully saturated rings. The number of carbonyl (C=O) groups excluding carboxylic acids is 3. The minimum absolute atomic E-state index is 0.0521. The lowest BCUT2D eigenvalue weighted by Gasteiger charge is -2.06. The van der Waals surface area contributed by atoms with Gasteiger partial charge in [0, 0.05) is 18.4 Å². The van der Waals surface area contributed by atoms with Crippen molar-refractivity contribution in [1.29, 1.82) is 5.26 Å². The van der Waals surface area contributed by atoms with Crippen molar-refractivity contribution >= 4 is 17.3 Å². The van der Waals surface area contributed by atoms with Crippen molar-refractivity contribution in [3.63, 3.8) is 0 Å². The van der Waals surface area contributed by atoms with E-state index >= 15 is 0 Å². The standard InChI is InChI=1S/C20H14F3NO3/c21-20(22,23)19(27)16-7-5-14(6-8-16)10-18(26)11-17(25)9-13-1-3-15(12-24)4-2-13/h1-8H,9-11H2. The molecule has 0 aliphatic heterocycles. The Kier molecular flexibility index (Phi) is 6.24. The minimum Gasteiger partial charge on any atom is -0.299 e. The summed E-state index contributed by atoms with van der Waals surface area (Å²) in [6.45, 7) is 0. The first-order valence-corrected chi connectivity index (χ1v) is 7.92. The van der Waals surface area contributed by atoms with E-state index in [0.717, 1.165) is 12.1 Å². The van der Waals surface area contributed by atoms with Gasteiger partial charge >= 0.3 is 6.18 Å². The van der Waals surface area contributed by atoms with Crippen molar-refractivity contribution in [1.82, 2.24) is 0 Å². The maximum Gasteiger partial charge on any atom is 0.454 e. The van der Waals surface area contributed by atoms with Crippen molar-refractivity contribution < 1.29 is 27.6 Å². The molecule has 4 nitrogen and oxygen atoms in total. The maximum absolute atomic E-state index is 12.4. The highest BCUT2D eigenvalue weighted by Crippen LogP contribution is 2.21. The Hall–Kier alpha value is -3.27. The largest absolute Gasteiger partial charge is 0.454 e. The van der Waals surface area contributed by atoms with Gasteiger partial charge < -0.3 is 0 Å². The Morgan fingerprint density at radius 2 is 1.26 bits per heavy atom. The molecule has 0 aliphatic rings. The van der Waals surface area contributed by atoms with Crippen LogP contribution in [0.15, 0.2) is 48.5 Å². The van der Waals surface area contributed by atoms with Crippen molar-refractivity contribution in [2.45, 2.75) is 25.4 Å². The fourth-order valence-corrected chi connectivity index (χ4v) is 2.44. The van der Waals surface area contributed by atoms with Crippen LogP contribution in [0.2, 0.25) is 0 Å². The van der Waals surface area contributed by atoms with Gasteiger partial charge in [-0.25, -0.2) is 0 Å². The monoisotopic (exact) mass is 373 g/mol. The van der Waals surface area contributed by atoms with Gasteiger partial charge in [0.2, 0.25) is 0 Å². The van der Waals surface area contributed by atoms with Gasteiger partial charge in [-0.2, -0.15) is 18.4 Å². The third-order valence-corrected chi connectivity index (χ3v) is 3.75. The molecule has 0 N–H and O–H groups in total. The summed E-state index contributed by atoms with van der Waals surface area (Å²) in [4.78, 5) is 35.1. The number of benzene rings is 2. The number of alkyl halides is 3. The molecule has 0 saturated carbocycles. The van der Waals surface area contributed by atoms with Gasteiger partial charge in [0.05, 0.1) is 18.1 Å². The number of nitrogens with zero attached hydrogens (tertiary/aromatic N) is 1. The maximum atomic E-state index is 12.4. The molecule has 0 aromatic heterocycles. The molecular weight excluding hydrogens is 359 g/mol. The van der Waals surface area contributed by atoms with Crippen LogP contribution in [0.1, 0.15) is 33.5 Å². The Labute approximate surface area is 153 Å². The van der Waals surface area contributed by atoms with E-state index in [1.165, 1.54) is 12.1 Å². The van der Waals surface area contributed by atoms with Crippen LogP contribution >= 0.6 is 0 Å². The van der Waals surface area contributed by atoms with Gasteiger partial charge in [-0.05, 0) is 23.3 Å². The number of rotatable bonds is 7. The molecule has 0 heterocycles. The molecule has 2 aromatic carbocycles. The zero-order valence-electron chi connectivity index (χ0n) is 14.0. The highest BCUT2D eigenvalue weighted by Gasteiger charge is 2.39. The predicted octanol–water partition coefficient (Wildman–Crippen LogP) is 3.62. The summed E-state index contributed by atoms with van der Waals surface area (Å²) < 4.78 is 37.1. The summed E-state index contributed by atoms with van der Waals surface area (Å²) >= 11 is 0. The van der Waals surface area contributed by atoms with E-state index in [1.54, 1.807) is 24.3 Å². The van der Waals surface area contributed by atoms with Gasteiger partial charge in [0.15, 0.2) is 0 Å². The van der Waals surface area contributed by atoms with Crippen molar-refractivity contribution in [2.75, 3.05) is 0 Å². The van der Waals surface area contributed by atoms with Gasteiger partial charge in [-0.3, -0.25) is 14.4 Å². The molecule has 0 spiro atoms. The molecule has 2 aromatic rings. The lowest BCUT2D eigenvalue weighted by Crippen LogP contribution is -2.22. The molecule has 2 rings (SSSR count). The summed E-state index contributed by atoms with van der Waals surface area (Å²) in [7, 11) is 0. The smallest absolute Gasteiger partial charge is 0.299 e. The zero-order valence-corrected chi connectivity index (χ0v) is 14.0. The summed E-state index contributed by atoms with van der Waals surface area (Å²) in [6.07, 6.45) is -5.31. The molecular formula is C20H14F3NO3. The third-order valence-electron chi connectivity index (χ3n) is 3.75. The second-order valence-electron chi connectivity index (χ2n) is 5.94. The Morgan fingerprint density at radius 3 is 1.67 bits per heavy atom. The van der Waals surface area contributed by atoms with Crippen LogP contribution in [0, 0.1) is 11.3 Å². The van der Waals surface area contributed by atoms with E-state index in [2.05, 4.69) is 0 Å². The number of halogens is 3. The molecule has 138 valence electrons. The van der Waals surface area contributed by atoms with Gasteiger partial charge in [0.25, 0.3) is 5.78 Å². The van der Waals surface area contributed by atoms with Crippen LogP contribution in [-0.4, -0.2) is 23.5 Å². The second kappa shape index (κ2) is 8.41. The number of carbonyl (C=O) groups is 3. The molecule has 0 bridgehead atoms. The first kappa shape index (κ1) is 20.0. The van der Waals surface area contributed by atoms with Crippen LogP contribution in [0.4, 0.5) is 13.2 Å². The molecule has 0 unspecified atom stereocenters. The molecule has 7 heteroatoms. The van der Waals surface area contributed by atoms with E-state index in [4.69, 9.17) is 5.26 Å². The summed E-state index contributed by atoms with van der Waals surface area (Å²) in [5.74, 6) is -2.62. The van der Waals surface area contributed by atoms with Crippen LogP contribution in [0.25, 0.3) is 0 Å². The average molecular weight is 373 g/mol. The van der Waals surface area contributed by atoms with Gasteiger partial charge in [0.1, 0.15) is 11.6 Å². The first-order chi connectivity index (χ1) is 12.7. The number of hydrogen-bond acceptors (Lipinski definition) is 4. The third kappa shape index (κ3) is 5.89. The van der Waals surface area contributed by atoms with E-state index in [1.807, 2.05) is 6.07 Å². The Morgan fingerprint density at radius 1 is 0.815 bits per heavy atom. The average Bonchev–Trinajstić information content (AvgIpc) is 2.61. The SMILES string of the molecule is N#Cc1ccc(CC(=O)CC(=O)Cc2ccc(C(=O)C(F)(F)F)cc2)cc1. The zero-order chi connectivity index (χ0) is 20.0. The highest BCUT2D eigenvalue weighted by atomic mass is 19.4. The van der Waals surface area contributed by atoms with Gasteiger partial charge in [-0.1, -0.05) is 36.4 Å². The minimum atomic E-state index is -4.95.